The van der Waals surface area contributed by atoms with Crippen molar-refractivity contribution in [2.75, 3.05) is 0 Å². The molecule has 0 saturated heterocycles. The van der Waals surface area contributed by atoms with E-state index in [1.807, 2.05) is 13.1 Å². The fraction of sp³-hybridized carbons (Fsp3) is 0.333. The molecule has 3 rings (SSSR count). The third kappa shape index (κ3) is 2.67. The first kappa shape index (κ1) is 14.5. The lowest BCUT2D eigenvalue weighted by Crippen LogP contribution is -2.29. The summed E-state index contributed by atoms with van der Waals surface area (Å²) in [5.74, 6) is 0. The van der Waals surface area contributed by atoms with Crippen molar-refractivity contribution in [3.8, 4) is 0 Å². The van der Waals surface area contributed by atoms with Gasteiger partial charge in [0.2, 0.25) is 0 Å². The number of hydrogen-bond acceptors (Lipinski definition) is 2. The summed E-state index contributed by atoms with van der Waals surface area (Å²) in [6.07, 6.45) is 2.89. The van der Waals surface area contributed by atoms with Crippen LogP contribution in [0.5, 0.6) is 0 Å². The number of nitrogens with zero attached hydrogens (tertiary/aromatic N) is 2. The van der Waals surface area contributed by atoms with Crippen molar-refractivity contribution in [1.29, 1.82) is 0 Å². The lowest BCUT2D eigenvalue weighted by molar-refractivity contribution is 0.512. The summed E-state index contributed by atoms with van der Waals surface area (Å²) < 4.78 is 1.16. The van der Waals surface area contributed by atoms with E-state index in [2.05, 4.69) is 66.0 Å². The number of pyridine rings is 1. The van der Waals surface area contributed by atoms with Crippen LogP contribution in [-0.2, 0) is 6.42 Å². The molecule has 1 aromatic heterocycles. The molecule has 1 aliphatic rings. The van der Waals surface area contributed by atoms with Crippen LogP contribution in [0.4, 0.5) is 0 Å². The molecule has 0 aliphatic carbocycles. The average Bonchev–Trinajstić information content (AvgIpc) is 2.42. The molecular weight excluding hydrogens is 324 g/mol. The fourth-order valence-electron chi connectivity index (χ4n) is 2.79. The Hall–Kier alpha value is -1.48. The van der Waals surface area contributed by atoms with Crippen LogP contribution < -0.4 is 0 Å². The third-order valence-corrected chi connectivity index (χ3v) is 4.75. The van der Waals surface area contributed by atoms with E-state index >= 15 is 0 Å². The third-order valence-electron chi connectivity index (χ3n) is 4.01. The van der Waals surface area contributed by atoms with Crippen molar-refractivity contribution < 1.29 is 0 Å². The van der Waals surface area contributed by atoms with Gasteiger partial charge >= 0.3 is 0 Å². The van der Waals surface area contributed by atoms with Crippen LogP contribution >= 0.6 is 15.9 Å². The van der Waals surface area contributed by atoms with E-state index in [0.29, 0.717) is 0 Å². The molecule has 0 bridgehead atoms. The van der Waals surface area contributed by atoms with Crippen molar-refractivity contribution in [2.24, 2.45) is 4.99 Å². The molecule has 0 N–H and O–H groups in total. The zero-order valence-electron chi connectivity index (χ0n) is 12.9. The zero-order valence-corrected chi connectivity index (χ0v) is 14.5. The number of aliphatic imine (C=N–C) groups is 1. The van der Waals surface area contributed by atoms with E-state index in [0.717, 1.165) is 27.9 Å². The summed E-state index contributed by atoms with van der Waals surface area (Å²) >= 11 is 3.69. The molecule has 21 heavy (non-hydrogen) atoms. The van der Waals surface area contributed by atoms with Crippen molar-refractivity contribution >= 4 is 21.6 Å². The highest BCUT2D eigenvalue weighted by molar-refractivity contribution is 9.10. The van der Waals surface area contributed by atoms with Crippen LogP contribution in [0.15, 0.2) is 39.9 Å². The number of hydrogen-bond donors (Lipinski definition) is 0. The number of rotatable bonds is 1. The molecule has 0 amide bonds. The summed E-state index contributed by atoms with van der Waals surface area (Å²) in [5, 5.41) is 0. The van der Waals surface area contributed by atoms with Gasteiger partial charge in [-0.2, -0.15) is 0 Å². The standard InChI is InChI=1S/C18H19BrN2/c1-11-8-13(10-20-12(11)2)17-14-6-5-7-16(19)15(14)9-18(3,4)21-17/h5-8,10H,9H2,1-4H3. The zero-order chi connectivity index (χ0) is 15.2. The molecule has 2 heterocycles. The summed E-state index contributed by atoms with van der Waals surface area (Å²) in [6, 6.07) is 8.53. The van der Waals surface area contributed by atoms with Crippen LogP contribution in [0, 0.1) is 13.8 Å². The number of benzene rings is 1. The van der Waals surface area contributed by atoms with Crippen molar-refractivity contribution in [2.45, 2.75) is 39.7 Å². The molecule has 0 atom stereocenters. The molecule has 3 heteroatoms. The first-order chi connectivity index (χ1) is 9.87. The Morgan fingerprint density at radius 3 is 2.67 bits per heavy atom. The Kier molecular flexibility index (Phi) is 3.48. The lowest BCUT2D eigenvalue weighted by atomic mass is 9.85. The Morgan fingerprint density at radius 1 is 1.19 bits per heavy atom. The van der Waals surface area contributed by atoms with E-state index in [1.165, 1.54) is 16.7 Å². The van der Waals surface area contributed by atoms with Gasteiger partial charge in [0.05, 0.1) is 11.3 Å². The average molecular weight is 343 g/mol. The van der Waals surface area contributed by atoms with Gasteiger partial charge in [-0.1, -0.05) is 28.1 Å². The van der Waals surface area contributed by atoms with E-state index in [9.17, 15) is 0 Å². The van der Waals surface area contributed by atoms with Gasteiger partial charge < -0.3 is 0 Å². The second-order valence-electron chi connectivity index (χ2n) is 6.34. The van der Waals surface area contributed by atoms with Crippen molar-refractivity contribution in [3.63, 3.8) is 0 Å². The van der Waals surface area contributed by atoms with E-state index in [1.54, 1.807) is 0 Å². The van der Waals surface area contributed by atoms with E-state index in [4.69, 9.17) is 4.99 Å². The highest BCUT2D eigenvalue weighted by atomic mass is 79.9. The minimum Gasteiger partial charge on any atom is -0.278 e. The van der Waals surface area contributed by atoms with Gasteiger partial charge in [0.25, 0.3) is 0 Å². The summed E-state index contributed by atoms with van der Waals surface area (Å²) in [6.45, 7) is 8.51. The van der Waals surface area contributed by atoms with Gasteiger partial charge in [0.15, 0.2) is 0 Å². The second-order valence-corrected chi connectivity index (χ2v) is 7.20. The molecule has 0 spiro atoms. The Labute approximate surface area is 134 Å². The molecule has 0 radical (unpaired) electrons. The Balaban J connectivity index is 2.23. The highest BCUT2D eigenvalue weighted by Crippen LogP contribution is 2.33. The summed E-state index contributed by atoms with van der Waals surface area (Å²) in [7, 11) is 0. The smallest absolute Gasteiger partial charge is 0.0744 e. The van der Waals surface area contributed by atoms with Gasteiger partial charge in [-0.25, -0.2) is 0 Å². The predicted molar refractivity (Wildman–Crippen MR) is 91.3 cm³/mol. The first-order valence-electron chi connectivity index (χ1n) is 7.19. The summed E-state index contributed by atoms with van der Waals surface area (Å²) in [4.78, 5) is 9.50. The maximum absolute atomic E-state index is 4.99. The number of aromatic nitrogens is 1. The van der Waals surface area contributed by atoms with Gasteiger partial charge in [-0.05, 0) is 57.4 Å². The van der Waals surface area contributed by atoms with Gasteiger partial charge in [0, 0.05) is 27.5 Å². The number of fused-ring (bicyclic) bond motifs is 1. The largest absolute Gasteiger partial charge is 0.278 e. The molecule has 1 aromatic carbocycles. The second kappa shape index (κ2) is 5.06. The molecule has 2 nitrogen and oxygen atoms in total. The van der Waals surface area contributed by atoms with Crippen LogP contribution in [0.1, 0.15) is 41.8 Å². The van der Waals surface area contributed by atoms with Crippen LogP contribution in [0.3, 0.4) is 0 Å². The molecule has 0 fully saturated rings. The molecular formula is C18H19BrN2. The van der Waals surface area contributed by atoms with Gasteiger partial charge in [0.1, 0.15) is 0 Å². The topological polar surface area (TPSA) is 25.2 Å². The fourth-order valence-corrected chi connectivity index (χ4v) is 3.29. The number of aryl methyl sites for hydroxylation is 2. The molecule has 108 valence electrons. The molecule has 2 aromatic rings. The normalized spacial score (nSPS) is 16.3. The maximum Gasteiger partial charge on any atom is 0.0744 e. The Morgan fingerprint density at radius 2 is 1.95 bits per heavy atom. The maximum atomic E-state index is 4.99. The minimum atomic E-state index is -0.0923. The minimum absolute atomic E-state index is 0.0923. The van der Waals surface area contributed by atoms with Crippen LogP contribution in [0.2, 0.25) is 0 Å². The van der Waals surface area contributed by atoms with Gasteiger partial charge in [-0.15, -0.1) is 0 Å². The molecule has 0 unspecified atom stereocenters. The Bertz CT molecular complexity index is 745. The van der Waals surface area contributed by atoms with Crippen LogP contribution in [-0.4, -0.2) is 16.2 Å². The van der Waals surface area contributed by atoms with Crippen LogP contribution in [0.25, 0.3) is 0 Å². The number of halogens is 1. The van der Waals surface area contributed by atoms with Crippen molar-refractivity contribution in [1.82, 2.24) is 4.98 Å². The van der Waals surface area contributed by atoms with Crippen molar-refractivity contribution in [3.05, 3.63) is 62.9 Å². The van der Waals surface area contributed by atoms with Gasteiger partial charge in [-0.3, -0.25) is 9.98 Å². The summed E-state index contributed by atoms with van der Waals surface area (Å²) in [5.41, 5.74) is 6.90. The lowest BCUT2D eigenvalue weighted by Gasteiger charge is -2.30. The first-order valence-corrected chi connectivity index (χ1v) is 7.98. The monoisotopic (exact) mass is 342 g/mol. The molecule has 1 aliphatic heterocycles. The molecule has 0 saturated carbocycles. The predicted octanol–water partition coefficient (Wildman–Crippen LogP) is 4.63. The van der Waals surface area contributed by atoms with E-state index < -0.39 is 0 Å². The SMILES string of the molecule is Cc1cc(C2=NC(C)(C)Cc3c(Br)cccc32)cnc1C. The quantitative estimate of drug-likeness (QED) is 0.741. The van der Waals surface area contributed by atoms with E-state index in [-0.39, 0.29) is 5.54 Å². The highest BCUT2D eigenvalue weighted by Gasteiger charge is 2.28.